The van der Waals surface area contributed by atoms with Gasteiger partial charge in [0, 0.05) is 24.8 Å². The van der Waals surface area contributed by atoms with Crippen molar-refractivity contribution < 1.29 is 14.3 Å². The molecule has 5 nitrogen and oxygen atoms in total. The van der Waals surface area contributed by atoms with E-state index in [1.54, 1.807) is 25.1 Å². The number of benzene rings is 1. The van der Waals surface area contributed by atoms with Crippen LogP contribution in [0.5, 0.6) is 5.75 Å². The smallest absolute Gasteiger partial charge is 0.338 e. The van der Waals surface area contributed by atoms with Gasteiger partial charge in [-0.3, -0.25) is 5.73 Å². The summed E-state index contributed by atoms with van der Waals surface area (Å²) in [4.78, 5) is 11.6. The molecule has 0 aromatic heterocycles. The molecule has 0 saturated heterocycles. The zero-order valence-corrected chi connectivity index (χ0v) is 10.8. The highest BCUT2D eigenvalue weighted by atomic mass is 16.5. The highest BCUT2D eigenvalue weighted by Gasteiger charge is 2.35. The average Bonchev–Trinajstić information content (AvgIpc) is 2.72. The molecule has 0 radical (unpaired) electrons. The summed E-state index contributed by atoms with van der Waals surface area (Å²) in [5.41, 5.74) is 6.62. The van der Waals surface area contributed by atoms with Crippen LogP contribution in [0.1, 0.15) is 35.7 Å². The summed E-state index contributed by atoms with van der Waals surface area (Å²) in [6.07, 6.45) is 1.30. The number of hydrogen-bond acceptors (Lipinski definition) is 5. The van der Waals surface area contributed by atoms with Crippen LogP contribution in [-0.2, 0) is 11.2 Å². The molecule has 0 bridgehead atoms. The maximum atomic E-state index is 11.6. The molecule has 0 saturated carbocycles. The van der Waals surface area contributed by atoms with Crippen LogP contribution in [0.25, 0.3) is 0 Å². The predicted molar refractivity (Wildman–Crippen MR) is 68.5 cm³/mol. The van der Waals surface area contributed by atoms with Crippen LogP contribution in [0, 0.1) is 11.3 Å². The van der Waals surface area contributed by atoms with Gasteiger partial charge in [-0.15, -0.1) is 0 Å². The van der Waals surface area contributed by atoms with E-state index in [1.807, 2.05) is 0 Å². The van der Waals surface area contributed by atoms with Gasteiger partial charge in [-0.25, -0.2) is 4.79 Å². The van der Waals surface area contributed by atoms with Gasteiger partial charge in [0.15, 0.2) is 5.72 Å². The number of nitriles is 1. The SMILES string of the molecule is CCOC(=O)c1ccc2c(c1)CC(N)(CCC#N)O2. The molecule has 19 heavy (non-hydrogen) atoms. The molecule has 5 heteroatoms. The van der Waals surface area contributed by atoms with E-state index in [9.17, 15) is 4.79 Å². The van der Waals surface area contributed by atoms with Gasteiger partial charge in [-0.1, -0.05) is 0 Å². The molecule has 1 heterocycles. The van der Waals surface area contributed by atoms with E-state index in [-0.39, 0.29) is 5.97 Å². The number of hydrogen-bond donors (Lipinski definition) is 1. The van der Waals surface area contributed by atoms with Crippen molar-refractivity contribution in [2.24, 2.45) is 5.73 Å². The maximum absolute atomic E-state index is 11.6. The Morgan fingerprint density at radius 1 is 1.63 bits per heavy atom. The number of carbonyl (C=O) groups excluding carboxylic acids is 1. The third-order valence-corrected chi connectivity index (χ3v) is 3.03. The Balaban J connectivity index is 2.16. The number of rotatable bonds is 4. The molecule has 1 aliphatic heterocycles. The molecular weight excluding hydrogens is 244 g/mol. The monoisotopic (exact) mass is 260 g/mol. The standard InChI is InChI=1S/C14H16N2O3/c1-2-18-13(17)10-4-5-12-11(8-10)9-14(16,19-12)6-3-7-15/h4-5,8H,2-3,6,9,16H2,1H3. The largest absolute Gasteiger partial charge is 0.472 e. The van der Waals surface area contributed by atoms with Crippen molar-refractivity contribution in [2.75, 3.05) is 6.61 Å². The fourth-order valence-electron chi connectivity index (χ4n) is 2.14. The van der Waals surface area contributed by atoms with E-state index in [0.717, 1.165) is 5.56 Å². The van der Waals surface area contributed by atoms with Crippen LogP contribution in [0.2, 0.25) is 0 Å². The van der Waals surface area contributed by atoms with E-state index in [0.29, 0.717) is 37.2 Å². The Morgan fingerprint density at radius 2 is 2.42 bits per heavy atom. The molecule has 1 unspecified atom stereocenters. The number of ether oxygens (including phenoxy) is 2. The van der Waals surface area contributed by atoms with Gasteiger partial charge in [0.2, 0.25) is 0 Å². The first-order valence-corrected chi connectivity index (χ1v) is 6.23. The van der Waals surface area contributed by atoms with Crippen LogP contribution in [0.3, 0.4) is 0 Å². The van der Waals surface area contributed by atoms with E-state index in [1.165, 1.54) is 0 Å². The van der Waals surface area contributed by atoms with Crippen molar-refractivity contribution in [3.05, 3.63) is 29.3 Å². The Morgan fingerprint density at radius 3 is 3.11 bits per heavy atom. The molecule has 1 aromatic carbocycles. The number of nitrogens with two attached hydrogens (primary N) is 1. The molecule has 1 aromatic rings. The third-order valence-electron chi connectivity index (χ3n) is 3.03. The summed E-state index contributed by atoms with van der Waals surface area (Å²) in [6, 6.07) is 7.19. The van der Waals surface area contributed by atoms with Crippen molar-refractivity contribution in [1.29, 1.82) is 5.26 Å². The summed E-state index contributed by atoms with van der Waals surface area (Å²) in [5.74, 6) is 0.324. The van der Waals surface area contributed by atoms with Crippen molar-refractivity contribution >= 4 is 5.97 Å². The van der Waals surface area contributed by atoms with E-state index < -0.39 is 5.72 Å². The van der Waals surface area contributed by atoms with Crippen molar-refractivity contribution in [2.45, 2.75) is 31.9 Å². The normalized spacial score (nSPS) is 20.3. The Labute approximate surface area is 111 Å². The van der Waals surface area contributed by atoms with Gasteiger partial charge in [0.05, 0.1) is 18.2 Å². The summed E-state index contributed by atoms with van der Waals surface area (Å²) in [7, 11) is 0. The van der Waals surface area contributed by atoms with Crippen molar-refractivity contribution in [1.82, 2.24) is 0 Å². The van der Waals surface area contributed by atoms with E-state index in [4.69, 9.17) is 20.5 Å². The van der Waals surface area contributed by atoms with Crippen LogP contribution >= 0.6 is 0 Å². The molecular formula is C14H16N2O3. The predicted octanol–water partition coefficient (Wildman–Crippen LogP) is 1.76. The van der Waals surface area contributed by atoms with Gasteiger partial charge in [-0.05, 0) is 25.1 Å². The molecule has 2 N–H and O–H groups in total. The topological polar surface area (TPSA) is 85.3 Å². The minimum Gasteiger partial charge on any atom is -0.472 e. The quantitative estimate of drug-likeness (QED) is 0.834. The highest BCUT2D eigenvalue weighted by Crippen LogP contribution is 2.35. The zero-order valence-electron chi connectivity index (χ0n) is 10.8. The minimum atomic E-state index is -0.842. The second-order valence-corrected chi connectivity index (χ2v) is 4.54. The Kier molecular flexibility index (Phi) is 3.72. The Bertz CT molecular complexity index is 536. The summed E-state index contributed by atoms with van der Waals surface area (Å²) in [5, 5.41) is 8.61. The van der Waals surface area contributed by atoms with Crippen LogP contribution in [0.15, 0.2) is 18.2 Å². The number of esters is 1. The molecule has 2 rings (SSSR count). The fourth-order valence-corrected chi connectivity index (χ4v) is 2.14. The number of carbonyl (C=O) groups is 1. The lowest BCUT2D eigenvalue weighted by atomic mass is 10.0. The van der Waals surface area contributed by atoms with Gasteiger partial charge < -0.3 is 9.47 Å². The van der Waals surface area contributed by atoms with Gasteiger partial charge in [0.25, 0.3) is 0 Å². The lowest BCUT2D eigenvalue weighted by Crippen LogP contribution is -2.44. The lowest BCUT2D eigenvalue weighted by molar-refractivity contribution is 0.0526. The molecule has 100 valence electrons. The van der Waals surface area contributed by atoms with Crippen molar-refractivity contribution in [3.8, 4) is 11.8 Å². The lowest BCUT2D eigenvalue weighted by Gasteiger charge is -2.22. The third kappa shape index (κ3) is 2.85. The van der Waals surface area contributed by atoms with Crippen LogP contribution < -0.4 is 10.5 Å². The first-order valence-electron chi connectivity index (χ1n) is 6.23. The maximum Gasteiger partial charge on any atom is 0.338 e. The average molecular weight is 260 g/mol. The molecule has 0 spiro atoms. The molecule has 1 atom stereocenters. The highest BCUT2D eigenvalue weighted by molar-refractivity contribution is 5.90. The van der Waals surface area contributed by atoms with Gasteiger partial charge in [0.1, 0.15) is 5.75 Å². The van der Waals surface area contributed by atoms with Gasteiger partial charge in [-0.2, -0.15) is 5.26 Å². The summed E-state index contributed by atoms with van der Waals surface area (Å²) < 4.78 is 10.6. The second kappa shape index (κ2) is 5.29. The van der Waals surface area contributed by atoms with Crippen LogP contribution in [-0.4, -0.2) is 18.3 Å². The summed E-state index contributed by atoms with van der Waals surface area (Å²) >= 11 is 0. The molecule has 0 amide bonds. The first kappa shape index (κ1) is 13.4. The number of nitrogens with zero attached hydrogens (tertiary/aromatic N) is 1. The van der Waals surface area contributed by atoms with Crippen molar-refractivity contribution in [3.63, 3.8) is 0 Å². The zero-order chi connectivity index (χ0) is 13.9. The Hall–Kier alpha value is -2.06. The summed E-state index contributed by atoms with van der Waals surface area (Å²) in [6.45, 7) is 2.11. The first-order chi connectivity index (χ1) is 9.08. The molecule has 1 aliphatic rings. The fraction of sp³-hybridized carbons (Fsp3) is 0.429. The molecule has 0 fully saturated rings. The second-order valence-electron chi connectivity index (χ2n) is 4.54. The van der Waals surface area contributed by atoms with E-state index in [2.05, 4.69) is 6.07 Å². The molecule has 0 aliphatic carbocycles. The van der Waals surface area contributed by atoms with Crippen LogP contribution in [0.4, 0.5) is 0 Å². The number of fused-ring (bicyclic) bond motifs is 1. The van der Waals surface area contributed by atoms with E-state index >= 15 is 0 Å². The minimum absolute atomic E-state index is 0.342. The van der Waals surface area contributed by atoms with Gasteiger partial charge >= 0.3 is 5.97 Å².